The van der Waals surface area contributed by atoms with E-state index in [1.807, 2.05) is 0 Å². The Morgan fingerprint density at radius 1 is 0.438 bits per heavy atom. The molecule has 13 atom stereocenters. The van der Waals surface area contributed by atoms with Crippen molar-refractivity contribution in [2.45, 2.75) is 106 Å². The van der Waals surface area contributed by atoms with Crippen LogP contribution in [0, 0.1) is 0 Å². The van der Waals surface area contributed by atoms with Gasteiger partial charge < -0.3 is 47.4 Å². The summed E-state index contributed by atoms with van der Waals surface area (Å²) in [5, 5.41) is 0. The Labute approximate surface area is 428 Å². The third kappa shape index (κ3) is 15.4. The minimum atomic E-state index is -6.31. The molecule has 4 unspecified atom stereocenters. The van der Waals surface area contributed by atoms with Crippen LogP contribution >= 0.6 is 0 Å². The molecule has 0 radical (unpaired) electrons. The summed E-state index contributed by atoms with van der Waals surface area (Å²) >= 11 is 0. The molecule has 6 aromatic rings. The molecule has 13 nitrogen and oxygen atoms in total. The van der Waals surface area contributed by atoms with Gasteiger partial charge in [0.15, 0.2) is 12.6 Å². The molecule has 0 spiro atoms. The lowest BCUT2D eigenvalue weighted by atomic mass is 9.97. The third-order valence-corrected chi connectivity index (χ3v) is 12.8. The Bertz CT molecular complexity index is 2730. The fraction of sp³-hybridized carbons (Fsp3) is 0.357. The van der Waals surface area contributed by atoms with Crippen LogP contribution in [-0.2, 0) is 101 Å². The number of halogens is 3. The van der Waals surface area contributed by atoms with E-state index in [1.54, 1.807) is 182 Å². The molecule has 2 aliphatic rings. The summed E-state index contributed by atoms with van der Waals surface area (Å²) in [5.74, 6) is 0. The molecule has 8 rings (SSSR count). The minimum Gasteiger partial charge on any atom is -0.374 e. The van der Waals surface area contributed by atoms with Gasteiger partial charge in [-0.05, 0) is 33.4 Å². The maximum atomic E-state index is 14.4. The first-order chi connectivity index (χ1) is 36.8. The first-order valence-corrected chi connectivity index (χ1v) is 24.9. The van der Waals surface area contributed by atoms with Gasteiger partial charge in [-0.25, -0.2) is 0 Å². The summed E-state index contributed by atoms with van der Waals surface area (Å²) in [6.07, 6.45) is -15.0. The lowest BCUT2D eigenvalue weighted by Crippen LogP contribution is -2.64. The van der Waals surface area contributed by atoms with Gasteiger partial charge in [-0.1, -0.05) is 182 Å². The Morgan fingerprint density at radius 2 is 0.795 bits per heavy atom. The van der Waals surface area contributed by atoms with E-state index in [1.165, 1.54) is 7.11 Å². The average molecular weight is 1030 g/mol. The van der Waals surface area contributed by atoms with E-state index in [2.05, 4.69) is 0 Å². The molecule has 6 aromatic carbocycles. The molecule has 2 saturated heterocycles. The lowest BCUT2D eigenvalue weighted by molar-refractivity contribution is -0.347. The number of rotatable bonds is 25. The first kappa shape index (κ1) is 49.8. The summed E-state index contributed by atoms with van der Waals surface area (Å²) in [4.78, 5) is 0. The van der Waals surface area contributed by atoms with Gasteiger partial charge in [-0.15, -0.1) is 0 Å². The van der Waals surface area contributed by atoms with Crippen LogP contribution in [0.1, 0.15) is 37.5 Å². The van der Waals surface area contributed by atoms with Crippen LogP contribution in [0.2, 0.25) is 0 Å². The number of hydrogen-bond acceptors (Lipinski definition) is 13. The topological polar surface area (TPSA) is 136 Å². The van der Waals surface area contributed by atoms with Crippen molar-refractivity contribution < 1.29 is 77.3 Å². The number of benzene rings is 6. The second-order valence-corrected chi connectivity index (χ2v) is 18.6. The van der Waals surface area contributed by atoms with Gasteiger partial charge in [-0.3, -0.25) is 4.18 Å². The predicted octanol–water partition coefficient (Wildman–Crippen LogP) is 9.48. The average Bonchev–Trinajstić information content (AvgIpc) is 3.45. The van der Waals surface area contributed by atoms with E-state index < -0.39 is 110 Å². The SMILES string of the molecule is [2H]C(O[C@H]1[C@H](OC([2H])c2ccccc2)[C@@H](OC([2H])c2ccccc2)C(OC)O[C@@H]1CO[C@H]1O[C@H](COCc2ccccc2)[C@H](OS(=O)(=O)C(F)(F)F)[C@H](OCc2ccccc2)[C@H]1OCc1ccccc1)c1ccccc1. The van der Waals surface area contributed by atoms with E-state index in [0.29, 0.717) is 33.4 Å². The van der Waals surface area contributed by atoms with Crippen molar-refractivity contribution in [3.63, 3.8) is 0 Å². The summed E-state index contributed by atoms with van der Waals surface area (Å²) in [6.45, 7) is -5.60. The van der Waals surface area contributed by atoms with Crippen LogP contribution in [0.25, 0.3) is 0 Å². The number of alkyl halides is 3. The van der Waals surface area contributed by atoms with Gasteiger partial charge in [0.25, 0.3) is 0 Å². The maximum absolute atomic E-state index is 14.4. The highest BCUT2D eigenvalue weighted by molar-refractivity contribution is 7.87. The normalized spacial score (nSPS) is 26.4. The molecule has 0 bridgehead atoms. The van der Waals surface area contributed by atoms with Crippen molar-refractivity contribution >= 4 is 10.1 Å². The van der Waals surface area contributed by atoms with Crippen molar-refractivity contribution in [3.05, 3.63) is 215 Å². The highest BCUT2D eigenvalue weighted by Crippen LogP contribution is 2.37. The minimum absolute atomic E-state index is 0.0501. The van der Waals surface area contributed by atoms with Crippen LogP contribution in [0.3, 0.4) is 0 Å². The summed E-state index contributed by atoms with van der Waals surface area (Å²) < 4.78 is 166. The third-order valence-electron chi connectivity index (χ3n) is 11.8. The fourth-order valence-electron chi connectivity index (χ4n) is 8.15. The largest absolute Gasteiger partial charge is 0.523 e. The molecule has 2 aliphatic heterocycles. The van der Waals surface area contributed by atoms with E-state index in [0.717, 1.165) is 0 Å². The van der Waals surface area contributed by atoms with Gasteiger partial charge >= 0.3 is 15.6 Å². The molecule has 0 amide bonds. The Kier molecular flexibility index (Phi) is 18.2. The van der Waals surface area contributed by atoms with Gasteiger partial charge in [0.2, 0.25) is 0 Å². The van der Waals surface area contributed by atoms with E-state index in [9.17, 15) is 24.3 Å². The molecular weight excluding hydrogens is 970 g/mol. The predicted molar refractivity (Wildman–Crippen MR) is 261 cm³/mol. The Balaban J connectivity index is 1.19. The molecular formula is C56H59F3O13S. The molecule has 0 aliphatic carbocycles. The molecule has 0 aromatic heterocycles. The molecule has 73 heavy (non-hydrogen) atoms. The zero-order chi connectivity index (χ0) is 53.5. The van der Waals surface area contributed by atoms with Crippen LogP contribution in [0.4, 0.5) is 13.2 Å². The smallest absolute Gasteiger partial charge is 0.374 e. The molecule has 2 fully saturated rings. The molecule has 0 saturated carbocycles. The zero-order valence-electron chi connectivity index (χ0n) is 42.7. The van der Waals surface area contributed by atoms with Crippen LogP contribution < -0.4 is 0 Å². The second-order valence-electron chi connectivity index (χ2n) is 17.0. The highest BCUT2D eigenvalue weighted by atomic mass is 32.2. The zero-order valence-corrected chi connectivity index (χ0v) is 40.5. The fourth-order valence-corrected chi connectivity index (χ4v) is 8.79. The molecule has 2 heterocycles. The number of hydrogen-bond donors (Lipinski definition) is 0. The van der Waals surface area contributed by atoms with E-state index >= 15 is 0 Å². The molecule has 0 N–H and O–H groups in total. The molecule has 17 heteroatoms. The van der Waals surface area contributed by atoms with Crippen molar-refractivity contribution in [1.29, 1.82) is 0 Å². The van der Waals surface area contributed by atoms with Crippen molar-refractivity contribution in [2.75, 3.05) is 20.3 Å². The number of methoxy groups -OCH3 is 1. The van der Waals surface area contributed by atoms with Crippen LogP contribution in [0.15, 0.2) is 182 Å². The highest BCUT2D eigenvalue weighted by Gasteiger charge is 2.56. The Hall–Kier alpha value is -5.38. The Morgan fingerprint density at radius 3 is 1.25 bits per heavy atom. The standard InChI is InChI=1S/C56H59F3O13S/c1-62-54-52(67-36-44-28-16-6-17-29-44)50(65-34-42-24-12-4-13-25-42)48(64-33-41-22-10-3-11-23-41)47(70-54)39-69-55-53(68-37-45-30-18-7-19-31-45)51(66-35-43-26-14-5-15-27-43)49(72-73(60,61)56(57,58)59)46(71-55)38-63-32-40-20-8-2-9-21-40/h2-31,46-55H,32-39H2,1H3/t46-,47-,48-,49+,50+,51+,52-,53-,54?,55+/m1/s1/i33D,34D,36D/t33?,34?,36?,46-,47-,48-,49+,50+,51+,52-,53-,54?,55+. The van der Waals surface area contributed by atoms with Crippen molar-refractivity contribution in [2.24, 2.45) is 0 Å². The molecule has 388 valence electrons. The summed E-state index contributed by atoms with van der Waals surface area (Å²) in [7, 11) is -4.96. The summed E-state index contributed by atoms with van der Waals surface area (Å²) in [6, 6.07) is 52.4. The van der Waals surface area contributed by atoms with E-state index in [-0.39, 0.29) is 19.8 Å². The number of ether oxygens (including phenoxy) is 10. The second kappa shape index (κ2) is 26.7. The maximum Gasteiger partial charge on any atom is 0.523 e. The van der Waals surface area contributed by atoms with Crippen molar-refractivity contribution in [3.8, 4) is 0 Å². The quantitative estimate of drug-likeness (QED) is 0.0398. The van der Waals surface area contributed by atoms with Gasteiger partial charge in [0, 0.05) is 7.11 Å². The van der Waals surface area contributed by atoms with E-state index in [4.69, 9.17) is 52.9 Å². The van der Waals surface area contributed by atoms with Gasteiger partial charge in [0.1, 0.15) is 48.8 Å². The summed E-state index contributed by atoms with van der Waals surface area (Å²) in [5.41, 5.74) is -2.54. The van der Waals surface area contributed by atoms with Crippen LogP contribution in [-0.4, -0.2) is 95.7 Å². The van der Waals surface area contributed by atoms with Crippen LogP contribution in [0.5, 0.6) is 0 Å². The lowest BCUT2D eigenvalue weighted by Gasteiger charge is -2.47. The van der Waals surface area contributed by atoms with Gasteiger partial charge in [-0.2, -0.15) is 21.6 Å². The first-order valence-electron chi connectivity index (χ1n) is 25.3. The van der Waals surface area contributed by atoms with Gasteiger partial charge in [0.05, 0.1) is 56.9 Å². The van der Waals surface area contributed by atoms with Crippen molar-refractivity contribution in [1.82, 2.24) is 0 Å². The monoisotopic (exact) mass is 1030 g/mol.